The number of ether oxygens (including phenoxy) is 2. The molecular formula is C30H24N2O10. The number of carbonyl (C=O) groups is 6. The van der Waals surface area contributed by atoms with Crippen LogP contribution in [-0.2, 0) is 22.6 Å². The summed E-state index contributed by atoms with van der Waals surface area (Å²) in [7, 11) is 0. The van der Waals surface area contributed by atoms with Gasteiger partial charge in [0.05, 0.1) is 59.7 Å². The molecule has 42 heavy (non-hydrogen) atoms. The highest BCUT2D eigenvalue weighted by molar-refractivity contribution is 6.22. The van der Waals surface area contributed by atoms with Crippen LogP contribution in [0.2, 0.25) is 0 Å². The standard InChI is InChI=1S/C30H24N2O10/c33-8-10-41-29(39)19-4-6-21-23(13-19)27(37)31(25(21)35)15-17-2-1-3-18(12-17)16-32-26(36)22-7-5-20(14-24(22)28(32)38)30(40)42-11-9-34/h1-7,12-14,33-34H,8-11,15-16H2. The van der Waals surface area contributed by atoms with Crippen LogP contribution in [0.4, 0.5) is 0 Å². The third-order valence-electron chi connectivity index (χ3n) is 6.73. The summed E-state index contributed by atoms with van der Waals surface area (Å²) in [6, 6.07) is 14.8. The molecule has 0 atom stereocenters. The maximum absolute atomic E-state index is 13.1. The Balaban J connectivity index is 1.30. The summed E-state index contributed by atoms with van der Waals surface area (Å²) < 4.78 is 9.75. The molecule has 0 saturated carbocycles. The number of esters is 2. The lowest BCUT2D eigenvalue weighted by molar-refractivity contribution is 0.0426. The molecule has 0 aliphatic carbocycles. The number of rotatable bonds is 10. The SMILES string of the molecule is O=C(OCCO)c1ccc2c(c1)C(=O)N(Cc1cccc(CN3C(=O)c4ccc(C(=O)OCCO)cc4C3=O)c1)C2=O. The molecule has 0 bridgehead atoms. The maximum Gasteiger partial charge on any atom is 0.338 e. The quantitative estimate of drug-likeness (QED) is 0.269. The number of aliphatic hydroxyl groups is 2. The highest BCUT2D eigenvalue weighted by Crippen LogP contribution is 2.28. The summed E-state index contributed by atoms with van der Waals surface area (Å²) >= 11 is 0. The predicted molar refractivity (Wildman–Crippen MR) is 142 cm³/mol. The Morgan fingerprint density at radius 2 is 0.976 bits per heavy atom. The predicted octanol–water partition coefficient (Wildman–Crippen LogP) is 1.58. The van der Waals surface area contributed by atoms with Crippen LogP contribution in [0.25, 0.3) is 0 Å². The van der Waals surface area contributed by atoms with Gasteiger partial charge in [-0.05, 0) is 47.5 Å². The van der Waals surface area contributed by atoms with Gasteiger partial charge in [-0.15, -0.1) is 0 Å². The van der Waals surface area contributed by atoms with Gasteiger partial charge in [0.1, 0.15) is 13.2 Å². The van der Waals surface area contributed by atoms with Crippen LogP contribution in [-0.4, -0.2) is 82.0 Å². The summed E-state index contributed by atoms with van der Waals surface area (Å²) in [5.74, 6) is -3.72. The second-order valence-corrected chi connectivity index (χ2v) is 9.45. The number of imide groups is 2. The topological polar surface area (TPSA) is 168 Å². The van der Waals surface area contributed by atoms with Gasteiger partial charge >= 0.3 is 11.9 Å². The first kappa shape index (κ1) is 28.3. The van der Waals surface area contributed by atoms with Crippen molar-refractivity contribution in [2.75, 3.05) is 26.4 Å². The van der Waals surface area contributed by atoms with Gasteiger partial charge in [0.2, 0.25) is 0 Å². The molecule has 0 saturated heterocycles. The summed E-state index contributed by atoms with van der Waals surface area (Å²) in [4.78, 5) is 78.4. The van der Waals surface area contributed by atoms with Crippen molar-refractivity contribution in [1.29, 1.82) is 0 Å². The van der Waals surface area contributed by atoms with Crippen LogP contribution >= 0.6 is 0 Å². The molecule has 3 aromatic carbocycles. The van der Waals surface area contributed by atoms with Crippen LogP contribution < -0.4 is 0 Å². The van der Waals surface area contributed by atoms with E-state index < -0.39 is 35.6 Å². The average molecular weight is 573 g/mol. The average Bonchev–Trinajstić information content (AvgIpc) is 3.38. The lowest BCUT2D eigenvalue weighted by atomic mass is 10.1. The van der Waals surface area contributed by atoms with Crippen molar-refractivity contribution in [3.05, 3.63) is 105 Å². The molecule has 2 aliphatic rings. The van der Waals surface area contributed by atoms with Crippen molar-refractivity contribution in [2.45, 2.75) is 13.1 Å². The van der Waals surface area contributed by atoms with Crippen LogP contribution in [0, 0.1) is 0 Å². The van der Waals surface area contributed by atoms with Crippen molar-refractivity contribution in [3.63, 3.8) is 0 Å². The molecule has 0 fully saturated rings. The molecule has 0 radical (unpaired) electrons. The van der Waals surface area contributed by atoms with Gasteiger partial charge in [0, 0.05) is 0 Å². The third-order valence-corrected chi connectivity index (χ3v) is 6.73. The molecule has 2 aliphatic heterocycles. The molecule has 214 valence electrons. The first-order chi connectivity index (χ1) is 20.2. The zero-order chi connectivity index (χ0) is 30.0. The van der Waals surface area contributed by atoms with Gasteiger partial charge in [-0.25, -0.2) is 9.59 Å². The molecule has 2 N–H and O–H groups in total. The Labute approximate surface area is 238 Å². The second-order valence-electron chi connectivity index (χ2n) is 9.45. The van der Waals surface area contributed by atoms with Crippen molar-refractivity contribution in [3.8, 4) is 0 Å². The van der Waals surface area contributed by atoms with E-state index in [2.05, 4.69) is 0 Å². The lowest BCUT2D eigenvalue weighted by Gasteiger charge is -2.17. The van der Waals surface area contributed by atoms with Crippen LogP contribution in [0.3, 0.4) is 0 Å². The number of fused-ring (bicyclic) bond motifs is 2. The molecular weight excluding hydrogens is 548 g/mol. The van der Waals surface area contributed by atoms with E-state index in [-0.39, 0.29) is 72.9 Å². The summed E-state index contributed by atoms with van der Waals surface area (Å²) in [6.45, 7) is -1.28. The Hall–Kier alpha value is -5.20. The van der Waals surface area contributed by atoms with Crippen molar-refractivity contribution in [1.82, 2.24) is 9.80 Å². The zero-order valence-electron chi connectivity index (χ0n) is 22.1. The fourth-order valence-electron chi connectivity index (χ4n) is 4.76. The number of aliphatic hydroxyl groups excluding tert-OH is 2. The number of amides is 4. The summed E-state index contributed by atoms with van der Waals surface area (Å²) in [5, 5.41) is 17.7. The minimum atomic E-state index is -0.732. The van der Waals surface area contributed by atoms with E-state index >= 15 is 0 Å². The van der Waals surface area contributed by atoms with Gasteiger partial charge in [-0.3, -0.25) is 29.0 Å². The number of hydrogen-bond acceptors (Lipinski definition) is 10. The highest BCUT2D eigenvalue weighted by atomic mass is 16.5. The first-order valence-corrected chi connectivity index (χ1v) is 12.9. The first-order valence-electron chi connectivity index (χ1n) is 12.9. The number of benzene rings is 3. The Morgan fingerprint density at radius 1 is 0.571 bits per heavy atom. The molecule has 4 amide bonds. The molecule has 0 aromatic heterocycles. The molecule has 2 heterocycles. The third kappa shape index (κ3) is 5.28. The van der Waals surface area contributed by atoms with E-state index in [0.717, 1.165) is 9.80 Å². The molecule has 3 aromatic rings. The molecule has 0 unspecified atom stereocenters. The largest absolute Gasteiger partial charge is 0.460 e. The van der Waals surface area contributed by atoms with E-state index in [1.54, 1.807) is 24.3 Å². The highest BCUT2D eigenvalue weighted by Gasteiger charge is 2.38. The maximum atomic E-state index is 13.1. The molecule has 5 rings (SSSR count). The van der Waals surface area contributed by atoms with Gasteiger partial charge in [-0.1, -0.05) is 24.3 Å². The van der Waals surface area contributed by atoms with E-state index in [0.29, 0.717) is 11.1 Å². The van der Waals surface area contributed by atoms with E-state index in [1.165, 1.54) is 36.4 Å². The van der Waals surface area contributed by atoms with E-state index in [1.807, 2.05) is 0 Å². The minimum absolute atomic E-state index is 0.0558. The molecule has 12 nitrogen and oxygen atoms in total. The fourth-order valence-corrected chi connectivity index (χ4v) is 4.76. The van der Waals surface area contributed by atoms with Crippen molar-refractivity contribution < 1.29 is 48.5 Å². The van der Waals surface area contributed by atoms with Gasteiger partial charge in [0.15, 0.2) is 0 Å². The van der Waals surface area contributed by atoms with Crippen LogP contribution in [0.5, 0.6) is 0 Å². The van der Waals surface area contributed by atoms with Crippen molar-refractivity contribution in [2.24, 2.45) is 0 Å². The fraction of sp³-hybridized carbons (Fsp3) is 0.200. The summed E-state index contributed by atoms with van der Waals surface area (Å²) in [6.07, 6.45) is 0. The summed E-state index contributed by atoms with van der Waals surface area (Å²) in [5.41, 5.74) is 1.66. The Bertz CT molecular complexity index is 1530. The minimum Gasteiger partial charge on any atom is -0.460 e. The number of nitrogens with zero attached hydrogens (tertiary/aromatic N) is 2. The van der Waals surface area contributed by atoms with Crippen molar-refractivity contribution >= 4 is 35.6 Å². The van der Waals surface area contributed by atoms with E-state index in [4.69, 9.17) is 19.7 Å². The monoisotopic (exact) mass is 572 g/mol. The Kier molecular flexibility index (Phi) is 7.91. The van der Waals surface area contributed by atoms with E-state index in [9.17, 15) is 28.8 Å². The Morgan fingerprint density at radius 3 is 1.38 bits per heavy atom. The van der Waals surface area contributed by atoms with Gasteiger partial charge in [-0.2, -0.15) is 0 Å². The second kappa shape index (κ2) is 11.7. The van der Waals surface area contributed by atoms with Gasteiger partial charge in [0.25, 0.3) is 23.6 Å². The smallest absolute Gasteiger partial charge is 0.338 e. The van der Waals surface area contributed by atoms with Crippen LogP contribution in [0.15, 0.2) is 60.7 Å². The molecule has 12 heteroatoms. The zero-order valence-corrected chi connectivity index (χ0v) is 22.1. The number of carbonyl (C=O) groups excluding carboxylic acids is 6. The lowest BCUT2D eigenvalue weighted by Crippen LogP contribution is -2.30. The normalized spacial score (nSPS) is 13.9. The number of hydrogen-bond donors (Lipinski definition) is 2. The molecule has 0 spiro atoms. The van der Waals surface area contributed by atoms with Gasteiger partial charge < -0.3 is 19.7 Å². The van der Waals surface area contributed by atoms with Crippen LogP contribution in [0.1, 0.15) is 73.3 Å².